The molecule has 2 bridgehead atoms. The van der Waals surface area contributed by atoms with E-state index in [1.807, 2.05) is 5.38 Å². The maximum Gasteiger partial charge on any atom is 0.337 e. The van der Waals surface area contributed by atoms with Gasteiger partial charge in [-0.15, -0.1) is 11.3 Å². The van der Waals surface area contributed by atoms with Gasteiger partial charge in [0, 0.05) is 18.2 Å². The molecule has 1 aromatic heterocycles. The van der Waals surface area contributed by atoms with Crippen LogP contribution in [0.4, 0.5) is 5.69 Å². The first-order valence-corrected chi connectivity index (χ1v) is 10.4. The van der Waals surface area contributed by atoms with E-state index in [0.29, 0.717) is 28.0 Å². The van der Waals surface area contributed by atoms with E-state index in [-0.39, 0.29) is 24.3 Å². The summed E-state index contributed by atoms with van der Waals surface area (Å²) in [6.45, 7) is 0.281. The van der Waals surface area contributed by atoms with Gasteiger partial charge in [0.2, 0.25) is 5.91 Å². The fourth-order valence-electron chi connectivity index (χ4n) is 4.10. The normalized spacial score (nSPS) is 21.8. The predicted octanol–water partition coefficient (Wildman–Crippen LogP) is 3.62. The Morgan fingerprint density at radius 1 is 1.17 bits per heavy atom. The Bertz CT molecular complexity index is 967. The van der Waals surface area contributed by atoms with Crippen molar-refractivity contribution in [2.75, 3.05) is 12.4 Å². The molecule has 0 saturated heterocycles. The number of benzene rings is 1. The summed E-state index contributed by atoms with van der Waals surface area (Å²) >= 11 is 1.34. The van der Waals surface area contributed by atoms with Crippen molar-refractivity contribution in [1.29, 1.82) is 0 Å². The number of carbonyl (C=O) groups excluding carboxylic acids is 3. The third-order valence-electron chi connectivity index (χ3n) is 5.50. The van der Waals surface area contributed by atoms with Crippen molar-refractivity contribution in [3.05, 3.63) is 63.9 Å². The zero-order valence-corrected chi connectivity index (χ0v) is 16.8. The summed E-state index contributed by atoms with van der Waals surface area (Å²) in [6, 6.07) is 8.54. The first kappa shape index (κ1) is 19.4. The van der Waals surface area contributed by atoms with Crippen LogP contribution in [-0.2, 0) is 16.1 Å². The molecule has 2 amide bonds. The summed E-state index contributed by atoms with van der Waals surface area (Å²) < 4.78 is 4.82. The van der Waals surface area contributed by atoms with Crippen molar-refractivity contribution in [3.63, 3.8) is 0 Å². The molecule has 1 fully saturated rings. The Hall–Kier alpha value is -2.93. The van der Waals surface area contributed by atoms with Gasteiger partial charge in [0.25, 0.3) is 5.91 Å². The number of hydrogen-bond acceptors (Lipinski definition) is 5. The molecule has 1 aromatic carbocycles. The number of carbonyl (C=O) groups is 3. The van der Waals surface area contributed by atoms with Crippen LogP contribution in [0.1, 0.15) is 38.4 Å². The Morgan fingerprint density at radius 2 is 2.03 bits per heavy atom. The molecule has 2 aliphatic carbocycles. The van der Waals surface area contributed by atoms with Gasteiger partial charge in [-0.1, -0.05) is 18.2 Å². The lowest BCUT2D eigenvalue weighted by atomic mass is 9.93. The fourth-order valence-corrected chi connectivity index (χ4v) is 4.72. The molecule has 29 heavy (non-hydrogen) atoms. The zero-order chi connectivity index (χ0) is 20.4. The van der Waals surface area contributed by atoms with Crippen LogP contribution in [0.15, 0.2) is 47.9 Å². The van der Waals surface area contributed by atoms with Gasteiger partial charge in [-0.25, -0.2) is 4.79 Å². The monoisotopic (exact) mass is 410 g/mol. The quantitative estimate of drug-likeness (QED) is 0.563. The number of amides is 2. The summed E-state index contributed by atoms with van der Waals surface area (Å²) in [5.41, 5.74) is 1.53. The summed E-state index contributed by atoms with van der Waals surface area (Å²) in [5, 5.41) is 7.62. The number of thiophene rings is 1. The van der Waals surface area contributed by atoms with Gasteiger partial charge in [-0.3, -0.25) is 9.59 Å². The number of hydrogen-bond donors (Lipinski definition) is 2. The number of methoxy groups -OCH3 is 1. The lowest BCUT2D eigenvalue weighted by molar-refractivity contribution is -0.125. The summed E-state index contributed by atoms with van der Waals surface area (Å²) in [5.74, 6) is 0.176. The molecule has 0 unspecified atom stereocenters. The van der Waals surface area contributed by atoms with E-state index in [4.69, 9.17) is 4.74 Å². The molecule has 1 heterocycles. The van der Waals surface area contributed by atoms with Crippen molar-refractivity contribution in [3.8, 4) is 0 Å². The van der Waals surface area contributed by atoms with Crippen molar-refractivity contribution < 1.29 is 19.1 Å². The van der Waals surface area contributed by atoms with E-state index in [1.54, 1.807) is 30.3 Å². The molecule has 2 aromatic rings. The minimum absolute atomic E-state index is 0.0202. The average Bonchev–Trinajstić information content (AvgIpc) is 3.49. The maximum absolute atomic E-state index is 12.6. The molecule has 0 radical (unpaired) electrons. The molecular weight excluding hydrogens is 388 g/mol. The summed E-state index contributed by atoms with van der Waals surface area (Å²) in [4.78, 5) is 37.6. The first-order chi connectivity index (χ1) is 14.0. The third-order valence-corrected chi connectivity index (χ3v) is 6.37. The van der Waals surface area contributed by atoms with Crippen molar-refractivity contribution >= 4 is 34.8 Å². The lowest BCUT2D eigenvalue weighted by Gasteiger charge is -2.18. The van der Waals surface area contributed by atoms with Crippen LogP contribution in [0, 0.1) is 17.8 Å². The van der Waals surface area contributed by atoms with Gasteiger partial charge >= 0.3 is 5.97 Å². The minimum atomic E-state index is -0.497. The smallest absolute Gasteiger partial charge is 0.337 e. The molecule has 3 atom stereocenters. The van der Waals surface area contributed by atoms with Crippen molar-refractivity contribution in [1.82, 2.24) is 5.32 Å². The van der Waals surface area contributed by atoms with E-state index < -0.39 is 5.97 Å². The van der Waals surface area contributed by atoms with Gasteiger partial charge in [0.1, 0.15) is 0 Å². The zero-order valence-electron chi connectivity index (χ0n) is 16.0. The number of ether oxygens (including phenoxy) is 1. The topological polar surface area (TPSA) is 84.5 Å². The van der Waals surface area contributed by atoms with Gasteiger partial charge < -0.3 is 15.4 Å². The molecule has 150 valence electrons. The van der Waals surface area contributed by atoms with Gasteiger partial charge in [0.05, 0.1) is 17.6 Å². The van der Waals surface area contributed by atoms with Crippen LogP contribution in [0.3, 0.4) is 0 Å². The molecule has 7 heteroatoms. The second kappa shape index (κ2) is 8.21. The molecule has 0 spiro atoms. The number of nitrogens with one attached hydrogen (secondary N) is 2. The van der Waals surface area contributed by atoms with Crippen LogP contribution in [0.25, 0.3) is 0 Å². The maximum atomic E-state index is 12.6. The van der Waals surface area contributed by atoms with Gasteiger partial charge in [-0.2, -0.15) is 0 Å². The largest absolute Gasteiger partial charge is 0.465 e. The van der Waals surface area contributed by atoms with Gasteiger partial charge in [0.15, 0.2) is 0 Å². The second-order valence-electron chi connectivity index (χ2n) is 7.45. The summed E-state index contributed by atoms with van der Waals surface area (Å²) in [6.07, 6.45) is 6.32. The van der Waals surface area contributed by atoms with Crippen molar-refractivity contribution in [2.24, 2.45) is 17.8 Å². The Kier molecular flexibility index (Phi) is 5.49. The Morgan fingerprint density at radius 3 is 2.69 bits per heavy atom. The highest BCUT2D eigenvalue weighted by Crippen LogP contribution is 2.43. The molecule has 2 N–H and O–H groups in total. The highest BCUT2D eigenvalue weighted by atomic mass is 32.1. The van der Waals surface area contributed by atoms with Crippen LogP contribution in [-0.4, -0.2) is 24.9 Å². The SMILES string of the molecule is COC(=O)c1cc(CNC(=O)[C@@H]2C[C@@H]3C=C[C@H]2C3)cc(NC(=O)c2cccs2)c1. The van der Waals surface area contributed by atoms with Gasteiger partial charge in [-0.05, 0) is 59.9 Å². The molecule has 2 aliphatic rings. The molecule has 1 saturated carbocycles. The minimum Gasteiger partial charge on any atom is -0.465 e. The highest BCUT2D eigenvalue weighted by molar-refractivity contribution is 7.12. The predicted molar refractivity (Wildman–Crippen MR) is 111 cm³/mol. The van der Waals surface area contributed by atoms with Crippen molar-refractivity contribution in [2.45, 2.75) is 19.4 Å². The molecule has 6 nitrogen and oxygen atoms in total. The number of allylic oxidation sites excluding steroid dienone is 2. The number of anilines is 1. The van der Waals surface area contributed by atoms with Crippen LogP contribution >= 0.6 is 11.3 Å². The fraction of sp³-hybridized carbons (Fsp3) is 0.318. The van der Waals surface area contributed by atoms with E-state index in [0.717, 1.165) is 18.4 Å². The second-order valence-corrected chi connectivity index (χ2v) is 8.39. The third kappa shape index (κ3) is 4.24. The van der Waals surface area contributed by atoms with E-state index >= 15 is 0 Å². The molecule has 4 rings (SSSR count). The van der Waals surface area contributed by atoms with Crippen LogP contribution in [0.5, 0.6) is 0 Å². The first-order valence-electron chi connectivity index (χ1n) is 9.56. The number of fused-ring (bicyclic) bond motifs is 2. The average molecular weight is 410 g/mol. The summed E-state index contributed by atoms with van der Waals surface area (Å²) in [7, 11) is 1.31. The Labute approximate surface area is 173 Å². The highest BCUT2D eigenvalue weighted by Gasteiger charge is 2.39. The number of rotatable bonds is 6. The van der Waals surface area contributed by atoms with Crippen LogP contribution in [0.2, 0.25) is 0 Å². The van der Waals surface area contributed by atoms with E-state index in [9.17, 15) is 14.4 Å². The van der Waals surface area contributed by atoms with E-state index in [1.165, 1.54) is 18.4 Å². The van der Waals surface area contributed by atoms with Crippen LogP contribution < -0.4 is 10.6 Å². The van der Waals surface area contributed by atoms with E-state index in [2.05, 4.69) is 22.8 Å². The number of esters is 1. The molecule has 0 aliphatic heterocycles. The molecular formula is C22H22N2O4S. The Balaban J connectivity index is 1.47. The standard InChI is InChI=1S/C22H22N2O4S/c1-28-22(27)16-8-14(9-17(11-16)24-21(26)19-3-2-6-29-19)12-23-20(25)18-10-13-4-5-15(18)7-13/h2-6,8-9,11,13,15,18H,7,10,12H2,1H3,(H,23,25)(H,24,26)/t13-,15+,18-/m1/s1. The lowest BCUT2D eigenvalue weighted by Crippen LogP contribution is -2.32.